The molecule has 0 aromatic heterocycles. The maximum atomic E-state index is 10.5. The SMILES string of the molecule is CC(C)C(CC=O)c1ccc(O)cc1. The molecule has 2 nitrogen and oxygen atoms in total. The predicted molar refractivity (Wildman–Crippen MR) is 56.4 cm³/mol. The van der Waals surface area contributed by atoms with Gasteiger partial charge in [-0.15, -0.1) is 0 Å². The van der Waals surface area contributed by atoms with Crippen molar-refractivity contribution in [3.63, 3.8) is 0 Å². The van der Waals surface area contributed by atoms with Crippen molar-refractivity contribution < 1.29 is 9.90 Å². The topological polar surface area (TPSA) is 37.3 Å². The second kappa shape index (κ2) is 4.80. The molecule has 1 unspecified atom stereocenters. The first-order valence-corrected chi connectivity index (χ1v) is 4.87. The van der Waals surface area contributed by atoms with Crippen LogP contribution in [0.4, 0.5) is 0 Å². The van der Waals surface area contributed by atoms with E-state index in [0.717, 1.165) is 11.8 Å². The molecule has 0 heterocycles. The van der Waals surface area contributed by atoms with Crippen LogP contribution in [0.3, 0.4) is 0 Å². The average Bonchev–Trinajstić information content (AvgIpc) is 2.15. The van der Waals surface area contributed by atoms with E-state index in [1.807, 2.05) is 12.1 Å². The maximum Gasteiger partial charge on any atom is 0.120 e. The monoisotopic (exact) mass is 192 g/mol. The van der Waals surface area contributed by atoms with Gasteiger partial charge in [0.1, 0.15) is 12.0 Å². The van der Waals surface area contributed by atoms with Crippen molar-refractivity contribution in [1.82, 2.24) is 0 Å². The lowest BCUT2D eigenvalue weighted by molar-refractivity contribution is -0.108. The molecule has 0 amide bonds. The molecule has 0 fully saturated rings. The minimum absolute atomic E-state index is 0.257. The second-order valence-corrected chi connectivity index (χ2v) is 3.84. The molecule has 0 saturated carbocycles. The summed E-state index contributed by atoms with van der Waals surface area (Å²) in [6, 6.07) is 7.08. The van der Waals surface area contributed by atoms with Crippen molar-refractivity contribution in [2.45, 2.75) is 26.2 Å². The van der Waals surface area contributed by atoms with Crippen LogP contribution in [0.5, 0.6) is 5.75 Å². The molecule has 0 spiro atoms. The lowest BCUT2D eigenvalue weighted by Gasteiger charge is -2.18. The van der Waals surface area contributed by atoms with Gasteiger partial charge in [-0.1, -0.05) is 26.0 Å². The molecule has 0 aliphatic heterocycles. The zero-order valence-corrected chi connectivity index (χ0v) is 8.60. The fourth-order valence-electron chi connectivity index (χ4n) is 1.62. The summed E-state index contributed by atoms with van der Waals surface area (Å²) < 4.78 is 0. The largest absolute Gasteiger partial charge is 0.508 e. The zero-order chi connectivity index (χ0) is 10.6. The van der Waals surface area contributed by atoms with Crippen LogP contribution in [-0.4, -0.2) is 11.4 Å². The number of phenols is 1. The van der Waals surface area contributed by atoms with E-state index < -0.39 is 0 Å². The second-order valence-electron chi connectivity index (χ2n) is 3.84. The Balaban J connectivity index is 2.87. The first kappa shape index (κ1) is 10.8. The van der Waals surface area contributed by atoms with Crippen molar-refractivity contribution in [3.05, 3.63) is 29.8 Å². The summed E-state index contributed by atoms with van der Waals surface area (Å²) >= 11 is 0. The fourth-order valence-corrected chi connectivity index (χ4v) is 1.62. The summed E-state index contributed by atoms with van der Waals surface area (Å²) in [6.07, 6.45) is 1.50. The van der Waals surface area contributed by atoms with Crippen molar-refractivity contribution >= 4 is 6.29 Å². The average molecular weight is 192 g/mol. The summed E-state index contributed by atoms with van der Waals surface area (Å²) in [6.45, 7) is 4.20. The minimum Gasteiger partial charge on any atom is -0.508 e. The van der Waals surface area contributed by atoms with Gasteiger partial charge in [0, 0.05) is 6.42 Å². The summed E-state index contributed by atoms with van der Waals surface area (Å²) in [5.74, 6) is 0.959. The molecule has 0 radical (unpaired) electrons. The molecule has 1 aromatic carbocycles. The van der Waals surface area contributed by atoms with Gasteiger partial charge in [-0.05, 0) is 29.5 Å². The predicted octanol–water partition coefficient (Wildman–Crippen LogP) is 2.72. The van der Waals surface area contributed by atoms with E-state index in [4.69, 9.17) is 5.11 Å². The van der Waals surface area contributed by atoms with Gasteiger partial charge < -0.3 is 9.90 Å². The highest BCUT2D eigenvalue weighted by atomic mass is 16.3. The highest BCUT2D eigenvalue weighted by Crippen LogP contribution is 2.27. The Hall–Kier alpha value is -1.31. The van der Waals surface area contributed by atoms with Gasteiger partial charge in [-0.3, -0.25) is 0 Å². The molecule has 14 heavy (non-hydrogen) atoms. The third kappa shape index (κ3) is 2.59. The van der Waals surface area contributed by atoms with E-state index in [2.05, 4.69) is 13.8 Å². The van der Waals surface area contributed by atoms with Gasteiger partial charge >= 0.3 is 0 Å². The lowest BCUT2D eigenvalue weighted by atomic mass is 9.86. The summed E-state index contributed by atoms with van der Waals surface area (Å²) in [7, 11) is 0. The molecule has 2 heteroatoms. The lowest BCUT2D eigenvalue weighted by Crippen LogP contribution is -2.07. The number of phenolic OH excluding ortho intramolecular Hbond substituents is 1. The number of carbonyl (C=O) groups is 1. The van der Waals surface area contributed by atoms with Crippen molar-refractivity contribution in [3.8, 4) is 5.75 Å². The quantitative estimate of drug-likeness (QED) is 0.745. The van der Waals surface area contributed by atoms with E-state index in [0.29, 0.717) is 12.3 Å². The van der Waals surface area contributed by atoms with Crippen LogP contribution in [0.15, 0.2) is 24.3 Å². The molecular weight excluding hydrogens is 176 g/mol. The molecule has 1 rings (SSSR count). The third-order valence-electron chi connectivity index (χ3n) is 2.48. The molecule has 0 aliphatic carbocycles. The first-order valence-electron chi connectivity index (χ1n) is 4.87. The summed E-state index contributed by atoms with van der Waals surface area (Å²) in [4.78, 5) is 10.5. The van der Waals surface area contributed by atoms with Gasteiger partial charge in [0.25, 0.3) is 0 Å². The molecule has 1 atom stereocenters. The standard InChI is InChI=1S/C12H16O2/c1-9(2)12(7-8-13)10-3-5-11(14)6-4-10/h3-6,8-9,12,14H,7H2,1-2H3. The Kier molecular flexibility index (Phi) is 3.69. The maximum absolute atomic E-state index is 10.5. The van der Waals surface area contributed by atoms with Crippen LogP contribution in [0, 0.1) is 5.92 Å². The van der Waals surface area contributed by atoms with Crippen LogP contribution < -0.4 is 0 Å². The van der Waals surface area contributed by atoms with E-state index >= 15 is 0 Å². The number of hydrogen-bond acceptors (Lipinski definition) is 2. The Bertz CT molecular complexity index is 288. The van der Waals surface area contributed by atoms with E-state index in [9.17, 15) is 4.79 Å². The van der Waals surface area contributed by atoms with Gasteiger partial charge in [0.2, 0.25) is 0 Å². The number of hydrogen-bond donors (Lipinski definition) is 1. The zero-order valence-electron chi connectivity index (χ0n) is 8.60. The number of benzene rings is 1. The Labute approximate surface area is 84.6 Å². The Morgan fingerprint density at radius 1 is 1.29 bits per heavy atom. The molecular formula is C12H16O2. The van der Waals surface area contributed by atoms with E-state index in [1.54, 1.807) is 12.1 Å². The van der Waals surface area contributed by atoms with Crippen LogP contribution in [0.2, 0.25) is 0 Å². The van der Waals surface area contributed by atoms with Gasteiger partial charge in [0.15, 0.2) is 0 Å². The highest BCUT2D eigenvalue weighted by Gasteiger charge is 2.14. The van der Waals surface area contributed by atoms with Crippen LogP contribution >= 0.6 is 0 Å². The highest BCUT2D eigenvalue weighted by molar-refractivity contribution is 5.52. The van der Waals surface area contributed by atoms with E-state index in [1.165, 1.54) is 0 Å². The van der Waals surface area contributed by atoms with Crippen LogP contribution in [-0.2, 0) is 4.79 Å². The van der Waals surface area contributed by atoms with Crippen molar-refractivity contribution in [1.29, 1.82) is 0 Å². The summed E-state index contributed by atoms with van der Waals surface area (Å²) in [5, 5.41) is 9.14. The van der Waals surface area contributed by atoms with Crippen molar-refractivity contribution in [2.24, 2.45) is 5.92 Å². The normalized spacial score (nSPS) is 12.8. The molecule has 1 N–H and O–H groups in total. The Morgan fingerprint density at radius 2 is 1.86 bits per heavy atom. The molecule has 0 bridgehead atoms. The summed E-state index contributed by atoms with van der Waals surface area (Å²) in [5.41, 5.74) is 1.12. The number of aromatic hydroxyl groups is 1. The molecule has 0 aliphatic rings. The fraction of sp³-hybridized carbons (Fsp3) is 0.417. The number of aldehydes is 1. The Morgan fingerprint density at radius 3 is 2.29 bits per heavy atom. The molecule has 76 valence electrons. The van der Waals surface area contributed by atoms with Crippen LogP contribution in [0.25, 0.3) is 0 Å². The molecule has 0 saturated heterocycles. The van der Waals surface area contributed by atoms with Crippen molar-refractivity contribution in [2.75, 3.05) is 0 Å². The number of rotatable bonds is 4. The smallest absolute Gasteiger partial charge is 0.120 e. The van der Waals surface area contributed by atoms with Crippen LogP contribution in [0.1, 0.15) is 31.7 Å². The molecule has 1 aromatic rings. The van der Waals surface area contributed by atoms with Gasteiger partial charge in [-0.25, -0.2) is 0 Å². The third-order valence-corrected chi connectivity index (χ3v) is 2.48. The first-order chi connectivity index (χ1) is 6.65. The number of carbonyl (C=O) groups excluding carboxylic acids is 1. The van der Waals surface area contributed by atoms with Gasteiger partial charge in [-0.2, -0.15) is 0 Å². The minimum atomic E-state index is 0.257. The van der Waals surface area contributed by atoms with Gasteiger partial charge in [0.05, 0.1) is 0 Å². The van der Waals surface area contributed by atoms with E-state index in [-0.39, 0.29) is 11.7 Å².